The number of rotatable bonds is 5. The van der Waals surface area contributed by atoms with Crippen LogP contribution in [0.25, 0.3) is 11.5 Å². The first-order valence-electron chi connectivity index (χ1n) is 7.27. The molecule has 0 bridgehead atoms. The number of likely N-dealkylation sites (tertiary alicyclic amines) is 1. The second kappa shape index (κ2) is 6.24. The van der Waals surface area contributed by atoms with E-state index in [1.165, 1.54) is 12.8 Å². The summed E-state index contributed by atoms with van der Waals surface area (Å²) in [6.45, 7) is 3.86. The zero-order chi connectivity index (χ0) is 13.8. The molecule has 3 rings (SSSR count). The minimum atomic E-state index is 0.695. The van der Waals surface area contributed by atoms with Crippen molar-refractivity contribution in [1.82, 2.24) is 10.1 Å². The SMILES string of the molecule is NCCC1CCCN(Cc2cc(-c3ccco3)on2)C1. The van der Waals surface area contributed by atoms with Crippen molar-refractivity contribution >= 4 is 0 Å². The van der Waals surface area contributed by atoms with Crippen molar-refractivity contribution in [3.63, 3.8) is 0 Å². The van der Waals surface area contributed by atoms with Crippen LogP contribution in [-0.4, -0.2) is 29.7 Å². The van der Waals surface area contributed by atoms with Gasteiger partial charge in [0.1, 0.15) is 0 Å². The van der Waals surface area contributed by atoms with E-state index in [2.05, 4.69) is 10.1 Å². The van der Waals surface area contributed by atoms with Crippen LogP contribution in [0, 0.1) is 5.92 Å². The number of furan rings is 1. The van der Waals surface area contributed by atoms with Gasteiger partial charge in [0.15, 0.2) is 5.76 Å². The van der Waals surface area contributed by atoms with E-state index in [9.17, 15) is 0 Å². The van der Waals surface area contributed by atoms with Gasteiger partial charge >= 0.3 is 0 Å². The zero-order valence-corrected chi connectivity index (χ0v) is 11.6. The van der Waals surface area contributed by atoms with Crippen LogP contribution in [0.3, 0.4) is 0 Å². The molecular formula is C15H21N3O2. The van der Waals surface area contributed by atoms with E-state index in [1.54, 1.807) is 6.26 Å². The minimum absolute atomic E-state index is 0.695. The van der Waals surface area contributed by atoms with E-state index >= 15 is 0 Å². The van der Waals surface area contributed by atoms with Crippen molar-refractivity contribution in [3.05, 3.63) is 30.2 Å². The molecule has 2 aromatic rings. The van der Waals surface area contributed by atoms with Crippen LogP contribution >= 0.6 is 0 Å². The summed E-state index contributed by atoms with van der Waals surface area (Å²) >= 11 is 0. The monoisotopic (exact) mass is 275 g/mol. The summed E-state index contributed by atoms with van der Waals surface area (Å²) in [5.41, 5.74) is 6.62. The molecule has 2 aromatic heterocycles. The fraction of sp³-hybridized carbons (Fsp3) is 0.533. The van der Waals surface area contributed by atoms with Crippen LogP contribution in [0.4, 0.5) is 0 Å². The van der Waals surface area contributed by atoms with Gasteiger partial charge in [-0.2, -0.15) is 0 Å². The molecule has 20 heavy (non-hydrogen) atoms. The average molecular weight is 275 g/mol. The number of hydrogen-bond acceptors (Lipinski definition) is 5. The van der Waals surface area contributed by atoms with Gasteiger partial charge in [-0.25, -0.2) is 0 Å². The van der Waals surface area contributed by atoms with Crippen molar-refractivity contribution in [2.75, 3.05) is 19.6 Å². The Morgan fingerprint density at radius 1 is 1.40 bits per heavy atom. The Kier molecular flexibility index (Phi) is 4.18. The predicted molar refractivity (Wildman–Crippen MR) is 75.9 cm³/mol. The van der Waals surface area contributed by atoms with Gasteiger partial charge in [-0.15, -0.1) is 0 Å². The predicted octanol–water partition coefficient (Wildman–Crippen LogP) is 2.50. The van der Waals surface area contributed by atoms with Gasteiger partial charge in [0.05, 0.1) is 12.0 Å². The molecule has 0 spiro atoms. The molecule has 5 heteroatoms. The summed E-state index contributed by atoms with van der Waals surface area (Å²) in [5.74, 6) is 2.15. The van der Waals surface area contributed by atoms with E-state index in [-0.39, 0.29) is 0 Å². The third-order valence-corrected chi connectivity index (χ3v) is 3.89. The fourth-order valence-electron chi connectivity index (χ4n) is 2.92. The standard InChI is InChI=1S/C15H21N3O2/c16-6-5-12-3-1-7-18(10-12)11-13-9-15(20-17-13)14-4-2-8-19-14/h2,4,8-9,12H,1,3,5-7,10-11,16H2. The Morgan fingerprint density at radius 3 is 3.15 bits per heavy atom. The molecule has 1 saturated heterocycles. The van der Waals surface area contributed by atoms with Gasteiger partial charge in [0.2, 0.25) is 5.76 Å². The van der Waals surface area contributed by atoms with Crippen molar-refractivity contribution < 1.29 is 8.94 Å². The number of nitrogens with two attached hydrogens (primary N) is 1. The van der Waals surface area contributed by atoms with E-state index < -0.39 is 0 Å². The quantitative estimate of drug-likeness (QED) is 0.908. The highest BCUT2D eigenvalue weighted by Crippen LogP contribution is 2.23. The lowest BCUT2D eigenvalue weighted by molar-refractivity contribution is 0.159. The van der Waals surface area contributed by atoms with Crippen LogP contribution in [0.1, 0.15) is 25.0 Å². The van der Waals surface area contributed by atoms with E-state index in [1.807, 2.05) is 18.2 Å². The summed E-state index contributed by atoms with van der Waals surface area (Å²) in [7, 11) is 0. The summed E-state index contributed by atoms with van der Waals surface area (Å²) in [5, 5.41) is 4.14. The van der Waals surface area contributed by atoms with Crippen LogP contribution in [0.2, 0.25) is 0 Å². The number of nitrogens with zero attached hydrogens (tertiary/aromatic N) is 2. The first-order valence-corrected chi connectivity index (χ1v) is 7.27. The van der Waals surface area contributed by atoms with Gasteiger partial charge in [0, 0.05) is 19.2 Å². The number of piperidine rings is 1. The van der Waals surface area contributed by atoms with Gasteiger partial charge < -0.3 is 14.7 Å². The Labute approximate surface area is 118 Å². The summed E-state index contributed by atoms with van der Waals surface area (Å²) in [4.78, 5) is 2.44. The summed E-state index contributed by atoms with van der Waals surface area (Å²) < 4.78 is 10.6. The van der Waals surface area contributed by atoms with E-state index in [0.29, 0.717) is 5.76 Å². The Hall–Kier alpha value is -1.59. The molecule has 3 heterocycles. The maximum absolute atomic E-state index is 5.66. The second-order valence-corrected chi connectivity index (χ2v) is 5.48. The fourth-order valence-corrected chi connectivity index (χ4v) is 2.92. The molecule has 5 nitrogen and oxygen atoms in total. The normalized spacial score (nSPS) is 20.4. The maximum Gasteiger partial charge on any atom is 0.202 e. The molecule has 1 aliphatic rings. The molecule has 1 unspecified atom stereocenters. The Morgan fingerprint density at radius 2 is 2.35 bits per heavy atom. The minimum Gasteiger partial charge on any atom is -0.461 e. The topological polar surface area (TPSA) is 68.4 Å². The van der Waals surface area contributed by atoms with Crippen LogP contribution in [-0.2, 0) is 6.54 Å². The van der Waals surface area contributed by atoms with Crippen LogP contribution in [0.15, 0.2) is 33.4 Å². The Bertz CT molecular complexity index is 519. The third-order valence-electron chi connectivity index (χ3n) is 3.89. The lowest BCUT2D eigenvalue weighted by Gasteiger charge is -2.31. The molecule has 108 valence electrons. The lowest BCUT2D eigenvalue weighted by Crippen LogP contribution is -2.35. The highest BCUT2D eigenvalue weighted by Gasteiger charge is 2.20. The molecule has 0 aromatic carbocycles. The number of aromatic nitrogens is 1. The maximum atomic E-state index is 5.66. The van der Waals surface area contributed by atoms with Gasteiger partial charge in [-0.05, 0) is 50.4 Å². The highest BCUT2D eigenvalue weighted by molar-refractivity contribution is 5.49. The smallest absolute Gasteiger partial charge is 0.202 e. The van der Waals surface area contributed by atoms with Crippen molar-refractivity contribution in [2.45, 2.75) is 25.8 Å². The first-order chi connectivity index (χ1) is 9.85. The molecule has 1 atom stereocenters. The summed E-state index contributed by atoms with van der Waals surface area (Å²) in [6.07, 6.45) is 5.30. The molecule has 0 amide bonds. The largest absolute Gasteiger partial charge is 0.461 e. The van der Waals surface area contributed by atoms with Gasteiger partial charge in [-0.3, -0.25) is 4.90 Å². The molecule has 0 radical (unpaired) electrons. The molecular weight excluding hydrogens is 254 g/mol. The van der Waals surface area contributed by atoms with E-state index in [0.717, 1.165) is 50.0 Å². The molecule has 1 aliphatic heterocycles. The number of hydrogen-bond donors (Lipinski definition) is 1. The molecule has 0 aliphatic carbocycles. The van der Waals surface area contributed by atoms with Gasteiger partial charge in [0.25, 0.3) is 0 Å². The van der Waals surface area contributed by atoms with E-state index in [4.69, 9.17) is 14.7 Å². The first kappa shape index (κ1) is 13.4. The second-order valence-electron chi connectivity index (χ2n) is 5.48. The van der Waals surface area contributed by atoms with Crippen LogP contribution < -0.4 is 5.73 Å². The summed E-state index contributed by atoms with van der Waals surface area (Å²) in [6, 6.07) is 5.69. The third kappa shape index (κ3) is 3.11. The van der Waals surface area contributed by atoms with Gasteiger partial charge in [-0.1, -0.05) is 5.16 Å². The highest BCUT2D eigenvalue weighted by atomic mass is 16.5. The average Bonchev–Trinajstić information content (AvgIpc) is 3.10. The van der Waals surface area contributed by atoms with Crippen molar-refractivity contribution in [3.8, 4) is 11.5 Å². The molecule has 2 N–H and O–H groups in total. The van der Waals surface area contributed by atoms with Crippen LogP contribution in [0.5, 0.6) is 0 Å². The molecule has 0 saturated carbocycles. The van der Waals surface area contributed by atoms with Crippen molar-refractivity contribution in [1.29, 1.82) is 0 Å². The Balaban J connectivity index is 1.60. The lowest BCUT2D eigenvalue weighted by atomic mass is 9.95. The van der Waals surface area contributed by atoms with Crippen molar-refractivity contribution in [2.24, 2.45) is 11.7 Å². The zero-order valence-electron chi connectivity index (χ0n) is 11.6. The molecule has 1 fully saturated rings.